The van der Waals surface area contributed by atoms with E-state index in [1.807, 2.05) is 11.8 Å². The van der Waals surface area contributed by atoms with E-state index in [9.17, 15) is 0 Å². The van der Waals surface area contributed by atoms with Gasteiger partial charge in [-0.05, 0) is 42.7 Å². The molecular formula is C17H27NOS. The first-order valence-corrected chi connectivity index (χ1v) is 9.01. The molecule has 0 aliphatic carbocycles. The van der Waals surface area contributed by atoms with Crippen molar-refractivity contribution in [3.05, 3.63) is 35.4 Å². The maximum absolute atomic E-state index is 6.05. The highest BCUT2D eigenvalue weighted by Crippen LogP contribution is 2.31. The van der Waals surface area contributed by atoms with Crippen LogP contribution in [0.2, 0.25) is 0 Å². The SMILES string of the molecule is CCCNC(CSCC)CC1OCCc2ccccc21. The average Bonchev–Trinajstić information content (AvgIpc) is 2.50. The molecule has 1 aliphatic heterocycles. The third kappa shape index (κ3) is 4.51. The molecule has 1 heterocycles. The van der Waals surface area contributed by atoms with E-state index in [1.54, 1.807) is 0 Å². The molecule has 0 bridgehead atoms. The Kier molecular flexibility index (Phi) is 6.91. The van der Waals surface area contributed by atoms with Gasteiger partial charge in [-0.2, -0.15) is 11.8 Å². The van der Waals surface area contributed by atoms with Crippen LogP contribution in [0.15, 0.2) is 24.3 Å². The molecule has 0 radical (unpaired) electrons. The second kappa shape index (κ2) is 8.71. The number of ether oxygens (including phenoxy) is 1. The van der Waals surface area contributed by atoms with Crippen LogP contribution in [0, 0.1) is 0 Å². The minimum Gasteiger partial charge on any atom is -0.373 e. The van der Waals surface area contributed by atoms with Crippen LogP contribution in [0.25, 0.3) is 0 Å². The zero-order valence-electron chi connectivity index (χ0n) is 12.7. The Bertz CT molecular complexity index is 388. The first kappa shape index (κ1) is 15.9. The third-order valence-corrected chi connectivity index (χ3v) is 4.84. The van der Waals surface area contributed by atoms with E-state index in [4.69, 9.17) is 4.74 Å². The summed E-state index contributed by atoms with van der Waals surface area (Å²) in [5.74, 6) is 2.37. The molecule has 0 amide bonds. The molecule has 1 N–H and O–H groups in total. The highest BCUT2D eigenvalue weighted by molar-refractivity contribution is 7.99. The van der Waals surface area contributed by atoms with E-state index in [0.717, 1.165) is 26.0 Å². The first-order valence-electron chi connectivity index (χ1n) is 7.85. The van der Waals surface area contributed by atoms with Crippen molar-refractivity contribution in [2.24, 2.45) is 0 Å². The number of nitrogens with one attached hydrogen (secondary N) is 1. The molecule has 0 spiro atoms. The van der Waals surface area contributed by atoms with Gasteiger partial charge in [-0.3, -0.25) is 0 Å². The number of thioether (sulfide) groups is 1. The summed E-state index contributed by atoms with van der Waals surface area (Å²) in [6.45, 7) is 6.42. The van der Waals surface area contributed by atoms with Gasteiger partial charge in [0.05, 0.1) is 12.7 Å². The number of rotatable bonds is 8. The normalized spacial score (nSPS) is 19.6. The van der Waals surface area contributed by atoms with Crippen LogP contribution in [0.3, 0.4) is 0 Å². The second-order valence-corrected chi connectivity index (χ2v) is 6.67. The van der Waals surface area contributed by atoms with Crippen LogP contribution in [-0.4, -0.2) is 30.7 Å². The molecule has 1 aliphatic rings. The van der Waals surface area contributed by atoms with Gasteiger partial charge in [0.15, 0.2) is 0 Å². The van der Waals surface area contributed by atoms with E-state index < -0.39 is 0 Å². The summed E-state index contributed by atoms with van der Waals surface area (Å²) >= 11 is 2.02. The summed E-state index contributed by atoms with van der Waals surface area (Å²) in [5.41, 5.74) is 2.88. The molecule has 20 heavy (non-hydrogen) atoms. The lowest BCUT2D eigenvalue weighted by molar-refractivity contribution is 0.0311. The molecule has 2 nitrogen and oxygen atoms in total. The van der Waals surface area contributed by atoms with E-state index in [1.165, 1.54) is 29.1 Å². The van der Waals surface area contributed by atoms with Gasteiger partial charge in [-0.1, -0.05) is 38.1 Å². The molecule has 0 saturated heterocycles. The van der Waals surface area contributed by atoms with Crippen LogP contribution >= 0.6 is 11.8 Å². The zero-order chi connectivity index (χ0) is 14.2. The Morgan fingerprint density at radius 3 is 3.00 bits per heavy atom. The number of fused-ring (bicyclic) bond motifs is 1. The molecule has 2 atom stereocenters. The van der Waals surface area contributed by atoms with Gasteiger partial charge >= 0.3 is 0 Å². The summed E-state index contributed by atoms with van der Waals surface area (Å²) in [7, 11) is 0. The zero-order valence-corrected chi connectivity index (χ0v) is 13.5. The Morgan fingerprint density at radius 1 is 1.35 bits per heavy atom. The quantitative estimate of drug-likeness (QED) is 0.787. The summed E-state index contributed by atoms with van der Waals surface area (Å²) in [6.07, 6.45) is 3.61. The monoisotopic (exact) mass is 293 g/mol. The van der Waals surface area contributed by atoms with Crippen molar-refractivity contribution >= 4 is 11.8 Å². The minimum absolute atomic E-state index is 0.270. The molecular weight excluding hydrogens is 266 g/mol. The summed E-state index contributed by atoms with van der Waals surface area (Å²) in [4.78, 5) is 0. The third-order valence-electron chi connectivity index (χ3n) is 3.80. The van der Waals surface area contributed by atoms with E-state index in [-0.39, 0.29) is 6.10 Å². The summed E-state index contributed by atoms with van der Waals surface area (Å²) in [5, 5.41) is 3.68. The maximum Gasteiger partial charge on any atom is 0.0842 e. The van der Waals surface area contributed by atoms with Gasteiger partial charge in [0, 0.05) is 11.8 Å². The van der Waals surface area contributed by atoms with Crippen LogP contribution in [0.4, 0.5) is 0 Å². The Labute approximate surface area is 127 Å². The second-order valence-electron chi connectivity index (χ2n) is 5.35. The van der Waals surface area contributed by atoms with Gasteiger partial charge in [0.1, 0.15) is 0 Å². The Morgan fingerprint density at radius 2 is 2.20 bits per heavy atom. The minimum atomic E-state index is 0.270. The molecule has 0 aromatic heterocycles. The molecule has 0 fully saturated rings. The predicted molar refractivity (Wildman–Crippen MR) is 88.5 cm³/mol. The fourth-order valence-electron chi connectivity index (χ4n) is 2.75. The van der Waals surface area contributed by atoms with Gasteiger partial charge in [0.2, 0.25) is 0 Å². The van der Waals surface area contributed by atoms with Crippen molar-refractivity contribution in [2.75, 3.05) is 24.7 Å². The molecule has 112 valence electrons. The van der Waals surface area contributed by atoms with Crippen molar-refractivity contribution in [1.29, 1.82) is 0 Å². The molecule has 3 heteroatoms. The number of hydrogen-bond acceptors (Lipinski definition) is 3. The molecule has 1 aromatic carbocycles. The predicted octanol–water partition coefficient (Wildman–Crippen LogP) is 3.81. The highest BCUT2D eigenvalue weighted by atomic mass is 32.2. The lowest BCUT2D eigenvalue weighted by Gasteiger charge is -2.29. The van der Waals surface area contributed by atoms with Gasteiger partial charge < -0.3 is 10.1 Å². The lowest BCUT2D eigenvalue weighted by Crippen LogP contribution is -2.35. The first-order chi connectivity index (χ1) is 9.85. The number of benzene rings is 1. The van der Waals surface area contributed by atoms with E-state index in [2.05, 4.69) is 43.4 Å². The fraction of sp³-hybridized carbons (Fsp3) is 0.647. The standard InChI is InChI=1S/C17H27NOS/c1-3-10-18-15(13-20-4-2)12-17-16-8-6-5-7-14(16)9-11-19-17/h5-8,15,17-18H,3-4,9-13H2,1-2H3. The van der Waals surface area contributed by atoms with E-state index in [0.29, 0.717) is 6.04 Å². The smallest absolute Gasteiger partial charge is 0.0842 e. The Balaban J connectivity index is 1.99. The van der Waals surface area contributed by atoms with Crippen molar-refractivity contribution in [3.8, 4) is 0 Å². The van der Waals surface area contributed by atoms with Crippen molar-refractivity contribution < 1.29 is 4.74 Å². The molecule has 0 saturated carbocycles. The topological polar surface area (TPSA) is 21.3 Å². The summed E-state index contributed by atoms with van der Waals surface area (Å²) < 4.78 is 6.05. The number of hydrogen-bond donors (Lipinski definition) is 1. The van der Waals surface area contributed by atoms with Crippen molar-refractivity contribution in [2.45, 2.75) is 45.3 Å². The van der Waals surface area contributed by atoms with Crippen molar-refractivity contribution in [3.63, 3.8) is 0 Å². The maximum atomic E-state index is 6.05. The molecule has 2 unspecified atom stereocenters. The fourth-order valence-corrected chi connectivity index (χ4v) is 3.52. The lowest BCUT2D eigenvalue weighted by atomic mass is 9.94. The molecule has 1 aromatic rings. The van der Waals surface area contributed by atoms with Crippen LogP contribution < -0.4 is 5.32 Å². The van der Waals surface area contributed by atoms with Crippen LogP contribution in [0.5, 0.6) is 0 Å². The Hall–Kier alpha value is -0.510. The summed E-state index contributed by atoms with van der Waals surface area (Å²) in [6, 6.07) is 9.32. The van der Waals surface area contributed by atoms with Crippen molar-refractivity contribution in [1.82, 2.24) is 5.32 Å². The van der Waals surface area contributed by atoms with E-state index >= 15 is 0 Å². The highest BCUT2D eigenvalue weighted by Gasteiger charge is 2.23. The van der Waals surface area contributed by atoms with Gasteiger partial charge in [0.25, 0.3) is 0 Å². The van der Waals surface area contributed by atoms with Gasteiger partial charge in [-0.15, -0.1) is 0 Å². The molecule has 2 rings (SSSR count). The van der Waals surface area contributed by atoms with Gasteiger partial charge in [-0.25, -0.2) is 0 Å². The van der Waals surface area contributed by atoms with Crippen LogP contribution in [0.1, 0.15) is 43.9 Å². The largest absolute Gasteiger partial charge is 0.373 e. The van der Waals surface area contributed by atoms with Crippen LogP contribution in [-0.2, 0) is 11.2 Å². The average molecular weight is 293 g/mol.